The van der Waals surface area contributed by atoms with E-state index in [4.69, 9.17) is 9.84 Å². The van der Waals surface area contributed by atoms with Crippen molar-refractivity contribution in [3.8, 4) is 0 Å². The lowest BCUT2D eigenvalue weighted by atomic mass is 10.1. The third-order valence-electron chi connectivity index (χ3n) is 4.66. The number of hydrogen-bond donors (Lipinski definition) is 2. The van der Waals surface area contributed by atoms with Crippen molar-refractivity contribution in [1.82, 2.24) is 5.32 Å². The van der Waals surface area contributed by atoms with Crippen molar-refractivity contribution < 1.29 is 19.4 Å². The van der Waals surface area contributed by atoms with Gasteiger partial charge in [0.25, 0.3) is 5.91 Å². The van der Waals surface area contributed by atoms with E-state index in [-0.39, 0.29) is 36.5 Å². The van der Waals surface area contributed by atoms with Crippen LogP contribution >= 0.6 is 0 Å². The Morgan fingerprint density at radius 3 is 2.58 bits per heavy atom. The van der Waals surface area contributed by atoms with Crippen LogP contribution in [0.15, 0.2) is 24.3 Å². The van der Waals surface area contributed by atoms with Gasteiger partial charge in [0.1, 0.15) is 0 Å². The molecule has 2 N–H and O–H groups in total. The van der Waals surface area contributed by atoms with Gasteiger partial charge in [0.2, 0.25) is 5.91 Å². The molecular formula is C18H24N2O4. The molecule has 0 aromatic heterocycles. The Bertz CT molecular complexity index is 615. The van der Waals surface area contributed by atoms with E-state index in [9.17, 15) is 9.59 Å². The minimum atomic E-state index is -0.211. The van der Waals surface area contributed by atoms with E-state index in [1.54, 1.807) is 30.1 Å². The maximum atomic E-state index is 12.5. The van der Waals surface area contributed by atoms with Crippen LogP contribution in [-0.4, -0.2) is 49.3 Å². The monoisotopic (exact) mass is 332 g/mol. The van der Waals surface area contributed by atoms with Crippen LogP contribution in [0.1, 0.15) is 36.0 Å². The minimum absolute atomic E-state index is 0.0152. The summed E-state index contributed by atoms with van der Waals surface area (Å²) in [6, 6.07) is 7.15. The first-order valence-corrected chi connectivity index (χ1v) is 8.51. The Kier molecular flexibility index (Phi) is 5.16. The van der Waals surface area contributed by atoms with Crippen molar-refractivity contribution in [3.63, 3.8) is 0 Å². The summed E-state index contributed by atoms with van der Waals surface area (Å²) in [5.74, 6) is -0.0364. The smallest absolute Gasteiger partial charge is 0.253 e. The minimum Gasteiger partial charge on any atom is -0.394 e. The van der Waals surface area contributed by atoms with Gasteiger partial charge in [-0.05, 0) is 37.8 Å². The molecule has 0 spiro atoms. The fourth-order valence-electron chi connectivity index (χ4n) is 3.05. The number of aliphatic hydroxyl groups is 1. The normalized spacial score (nSPS) is 23.1. The number of hydrogen-bond acceptors (Lipinski definition) is 4. The molecule has 0 radical (unpaired) electrons. The molecule has 130 valence electrons. The highest BCUT2D eigenvalue weighted by molar-refractivity contribution is 6.05. The summed E-state index contributed by atoms with van der Waals surface area (Å²) in [6.45, 7) is 0.422. The summed E-state index contributed by atoms with van der Waals surface area (Å²) in [5, 5.41) is 12.0. The highest BCUT2D eigenvalue weighted by atomic mass is 16.5. The number of carbonyl (C=O) groups is 2. The van der Waals surface area contributed by atoms with Crippen LogP contribution in [0, 0.1) is 5.92 Å². The zero-order valence-electron chi connectivity index (χ0n) is 13.9. The lowest BCUT2D eigenvalue weighted by Gasteiger charge is -2.21. The Morgan fingerprint density at radius 2 is 1.92 bits per heavy atom. The SMILES string of the molecule is CN(C(=O)C1CC1)c1ccccc1C(=O)NC[C@H]1CC[C@@H](CO)O1. The molecule has 6 heteroatoms. The van der Waals surface area contributed by atoms with Crippen molar-refractivity contribution in [1.29, 1.82) is 0 Å². The fourth-order valence-corrected chi connectivity index (χ4v) is 3.05. The molecule has 1 saturated heterocycles. The number of anilines is 1. The Hall–Kier alpha value is -1.92. The van der Waals surface area contributed by atoms with Gasteiger partial charge in [0, 0.05) is 19.5 Å². The molecule has 1 aromatic carbocycles. The summed E-state index contributed by atoms with van der Waals surface area (Å²) in [6.07, 6.45) is 3.32. The van der Waals surface area contributed by atoms with Gasteiger partial charge in [0.15, 0.2) is 0 Å². The number of rotatable bonds is 6. The van der Waals surface area contributed by atoms with Gasteiger partial charge in [0.05, 0.1) is 30.1 Å². The average molecular weight is 332 g/mol. The lowest BCUT2D eigenvalue weighted by Crippen LogP contribution is -2.35. The van der Waals surface area contributed by atoms with E-state index in [0.29, 0.717) is 17.8 Å². The van der Waals surface area contributed by atoms with Gasteiger partial charge in [-0.1, -0.05) is 12.1 Å². The topological polar surface area (TPSA) is 78.9 Å². The van der Waals surface area contributed by atoms with E-state index in [1.807, 2.05) is 6.07 Å². The van der Waals surface area contributed by atoms with Crippen LogP contribution in [0.4, 0.5) is 5.69 Å². The van der Waals surface area contributed by atoms with Gasteiger partial charge < -0.3 is 20.1 Å². The molecule has 1 aliphatic carbocycles. The molecule has 2 amide bonds. The van der Waals surface area contributed by atoms with E-state index < -0.39 is 0 Å². The molecule has 2 aliphatic rings. The molecule has 0 bridgehead atoms. The Morgan fingerprint density at radius 1 is 1.21 bits per heavy atom. The lowest BCUT2D eigenvalue weighted by molar-refractivity contribution is -0.119. The standard InChI is InChI=1S/C18H24N2O4/c1-20(18(23)12-6-7-12)16-5-3-2-4-15(16)17(22)19-10-13-8-9-14(11-21)24-13/h2-5,12-14,21H,6-11H2,1H3,(H,19,22)/t13-,14+/m1/s1. The van der Waals surface area contributed by atoms with Crippen molar-refractivity contribution in [2.75, 3.05) is 25.1 Å². The predicted octanol–water partition coefficient (Wildman–Crippen LogP) is 1.33. The van der Waals surface area contributed by atoms with Crippen molar-refractivity contribution in [2.45, 2.75) is 37.9 Å². The second kappa shape index (κ2) is 7.32. The summed E-state index contributed by atoms with van der Waals surface area (Å²) < 4.78 is 5.62. The van der Waals surface area contributed by atoms with Crippen LogP contribution in [0.5, 0.6) is 0 Å². The summed E-state index contributed by atoms with van der Waals surface area (Å²) in [4.78, 5) is 26.4. The van der Waals surface area contributed by atoms with Gasteiger partial charge in [-0.3, -0.25) is 9.59 Å². The van der Waals surface area contributed by atoms with E-state index in [2.05, 4.69) is 5.32 Å². The fraction of sp³-hybridized carbons (Fsp3) is 0.556. The maximum absolute atomic E-state index is 12.5. The Labute approximate surface area is 141 Å². The molecule has 1 aliphatic heterocycles. The number of aliphatic hydroxyl groups excluding tert-OH is 1. The van der Waals surface area contributed by atoms with Crippen LogP contribution in [-0.2, 0) is 9.53 Å². The molecule has 6 nitrogen and oxygen atoms in total. The van der Waals surface area contributed by atoms with Crippen LogP contribution in [0.2, 0.25) is 0 Å². The molecular weight excluding hydrogens is 308 g/mol. The zero-order chi connectivity index (χ0) is 17.1. The largest absolute Gasteiger partial charge is 0.394 e. The van der Waals surface area contributed by atoms with Crippen LogP contribution in [0.3, 0.4) is 0 Å². The highest BCUT2D eigenvalue weighted by Crippen LogP contribution is 2.33. The molecule has 0 unspecified atom stereocenters. The third kappa shape index (κ3) is 3.76. The molecule has 3 rings (SSSR count). The van der Waals surface area contributed by atoms with Crippen molar-refractivity contribution in [3.05, 3.63) is 29.8 Å². The molecule has 24 heavy (non-hydrogen) atoms. The third-order valence-corrected chi connectivity index (χ3v) is 4.66. The second-order valence-electron chi connectivity index (χ2n) is 6.54. The average Bonchev–Trinajstić information content (AvgIpc) is 3.36. The number of nitrogens with zero attached hydrogens (tertiary/aromatic N) is 1. The maximum Gasteiger partial charge on any atom is 0.253 e. The summed E-state index contributed by atoms with van der Waals surface area (Å²) >= 11 is 0. The van der Waals surface area contributed by atoms with Gasteiger partial charge in [-0.15, -0.1) is 0 Å². The van der Waals surface area contributed by atoms with E-state index >= 15 is 0 Å². The van der Waals surface area contributed by atoms with Crippen LogP contribution < -0.4 is 10.2 Å². The molecule has 2 atom stereocenters. The molecule has 2 fully saturated rings. The summed E-state index contributed by atoms with van der Waals surface area (Å²) in [5.41, 5.74) is 1.12. The first kappa shape index (κ1) is 16.9. The first-order chi connectivity index (χ1) is 11.6. The molecule has 1 heterocycles. The first-order valence-electron chi connectivity index (χ1n) is 8.51. The zero-order valence-corrected chi connectivity index (χ0v) is 13.9. The predicted molar refractivity (Wildman–Crippen MR) is 89.9 cm³/mol. The van der Waals surface area contributed by atoms with Gasteiger partial charge in [-0.25, -0.2) is 0 Å². The van der Waals surface area contributed by atoms with Crippen LogP contribution in [0.25, 0.3) is 0 Å². The number of amides is 2. The summed E-state index contributed by atoms with van der Waals surface area (Å²) in [7, 11) is 1.72. The highest BCUT2D eigenvalue weighted by Gasteiger charge is 2.33. The Balaban J connectivity index is 1.63. The number of benzene rings is 1. The van der Waals surface area contributed by atoms with Gasteiger partial charge in [-0.2, -0.15) is 0 Å². The quantitative estimate of drug-likeness (QED) is 0.824. The second-order valence-corrected chi connectivity index (χ2v) is 6.54. The molecule has 1 aromatic rings. The van der Waals surface area contributed by atoms with E-state index in [0.717, 1.165) is 25.7 Å². The van der Waals surface area contributed by atoms with Gasteiger partial charge >= 0.3 is 0 Å². The number of ether oxygens (including phenoxy) is 1. The number of carbonyl (C=O) groups excluding carboxylic acids is 2. The van der Waals surface area contributed by atoms with E-state index in [1.165, 1.54) is 0 Å². The van der Waals surface area contributed by atoms with Crippen molar-refractivity contribution >= 4 is 17.5 Å². The number of nitrogens with one attached hydrogen (secondary N) is 1. The van der Waals surface area contributed by atoms with Crippen molar-refractivity contribution in [2.24, 2.45) is 5.92 Å². The number of para-hydroxylation sites is 1. The molecule has 1 saturated carbocycles.